The van der Waals surface area contributed by atoms with Gasteiger partial charge in [0.2, 0.25) is 11.8 Å². The zero-order valence-corrected chi connectivity index (χ0v) is 20.2. The second-order valence-electron chi connectivity index (χ2n) is 9.54. The molecule has 1 unspecified atom stereocenters. The van der Waals surface area contributed by atoms with Crippen molar-refractivity contribution in [2.45, 2.75) is 44.1 Å². The van der Waals surface area contributed by atoms with Gasteiger partial charge >= 0.3 is 0 Å². The number of anilines is 1. The lowest BCUT2D eigenvalue weighted by molar-refractivity contribution is -0.135. The molecule has 0 radical (unpaired) electrons. The number of amides is 1. The van der Waals surface area contributed by atoms with E-state index in [1.54, 1.807) is 25.4 Å². The van der Waals surface area contributed by atoms with E-state index in [4.69, 9.17) is 14.5 Å². The number of rotatable bonds is 9. The highest BCUT2D eigenvalue weighted by atomic mass is 16.5. The number of methoxy groups -OCH3 is 1. The van der Waals surface area contributed by atoms with Crippen molar-refractivity contribution >= 4 is 17.8 Å². The van der Waals surface area contributed by atoms with E-state index in [1.165, 1.54) is 0 Å². The van der Waals surface area contributed by atoms with Crippen molar-refractivity contribution < 1.29 is 14.3 Å². The van der Waals surface area contributed by atoms with E-state index in [2.05, 4.69) is 22.5 Å². The summed E-state index contributed by atoms with van der Waals surface area (Å²) in [5.74, 6) is 2.74. The molecule has 5 rings (SSSR count). The molecule has 35 heavy (non-hydrogen) atoms. The van der Waals surface area contributed by atoms with Gasteiger partial charge in [-0.05, 0) is 43.2 Å². The molecule has 1 saturated heterocycles. The summed E-state index contributed by atoms with van der Waals surface area (Å²) in [6.07, 6.45) is 8.23. The van der Waals surface area contributed by atoms with Crippen LogP contribution in [0.3, 0.4) is 0 Å². The summed E-state index contributed by atoms with van der Waals surface area (Å²) >= 11 is 0. The Balaban J connectivity index is 1.42. The van der Waals surface area contributed by atoms with Crippen LogP contribution in [0.1, 0.15) is 54.8 Å². The minimum absolute atomic E-state index is 0.146. The second-order valence-corrected chi connectivity index (χ2v) is 9.54. The molecule has 1 aliphatic heterocycles. The van der Waals surface area contributed by atoms with Crippen molar-refractivity contribution in [1.82, 2.24) is 14.9 Å². The number of carbonyl (C=O) groups excluding carboxylic acids is 1. The third-order valence-electron chi connectivity index (χ3n) is 7.01. The molecule has 0 spiro atoms. The SMILES string of the molecule is C=Cc1ccnc(Oc2cc(C#N)c(N3CCN(C(=O)CCOC)C(C4CC4)C3)nc2C2CC2)c1. The maximum atomic E-state index is 12.8. The Labute approximate surface area is 206 Å². The number of piperazine rings is 1. The highest BCUT2D eigenvalue weighted by Gasteiger charge is 2.41. The van der Waals surface area contributed by atoms with Crippen molar-refractivity contribution in [1.29, 1.82) is 5.26 Å². The fourth-order valence-electron chi connectivity index (χ4n) is 4.80. The zero-order chi connectivity index (χ0) is 24.4. The van der Waals surface area contributed by atoms with Crippen LogP contribution in [0.25, 0.3) is 6.08 Å². The van der Waals surface area contributed by atoms with Crippen molar-refractivity contribution in [3.63, 3.8) is 0 Å². The normalized spacial score (nSPS) is 19.8. The van der Waals surface area contributed by atoms with Gasteiger partial charge in [0.25, 0.3) is 0 Å². The number of pyridine rings is 2. The fourth-order valence-corrected chi connectivity index (χ4v) is 4.80. The van der Waals surface area contributed by atoms with Crippen molar-refractivity contribution in [3.05, 3.63) is 47.8 Å². The molecule has 1 atom stereocenters. The maximum absolute atomic E-state index is 12.8. The Hall–Kier alpha value is -3.44. The van der Waals surface area contributed by atoms with E-state index in [-0.39, 0.29) is 11.9 Å². The molecule has 1 amide bonds. The minimum Gasteiger partial charge on any atom is -0.437 e. The van der Waals surface area contributed by atoms with Gasteiger partial charge in [0.05, 0.1) is 30.3 Å². The van der Waals surface area contributed by atoms with Gasteiger partial charge in [-0.3, -0.25) is 4.79 Å². The molecular weight excluding hydrogens is 442 g/mol. The molecule has 8 heteroatoms. The fraction of sp³-hybridized carbons (Fsp3) is 0.481. The quantitative estimate of drug-likeness (QED) is 0.541. The Morgan fingerprint density at radius 1 is 1.29 bits per heavy atom. The third-order valence-corrected chi connectivity index (χ3v) is 7.01. The van der Waals surface area contributed by atoms with Gasteiger partial charge in [-0.15, -0.1) is 0 Å². The lowest BCUT2D eigenvalue weighted by Gasteiger charge is -2.42. The first kappa shape index (κ1) is 23.3. The molecule has 3 fully saturated rings. The molecule has 3 heterocycles. The summed E-state index contributed by atoms with van der Waals surface area (Å²) in [6, 6.07) is 7.97. The number of carbonyl (C=O) groups is 1. The summed E-state index contributed by atoms with van der Waals surface area (Å²) < 4.78 is 11.3. The molecule has 2 aliphatic carbocycles. The molecule has 2 aromatic rings. The van der Waals surface area contributed by atoms with E-state index in [1.807, 2.05) is 17.0 Å². The number of hydrogen-bond donors (Lipinski definition) is 0. The van der Waals surface area contributed by atoms with Gasteiger partial charge in [-0.2, -0.15) is 5.26 Å². The second kappa shape index (κ2) is 10.0. The van der Waals surface area contributed by atoms with Crippen molar-refractivity contribution in [2.75, 3.05) is 38.3 Å². The van der Waals surface area contributed by atoms with E-state index >= 15 is 0 Å². The Morgan fingerprint density at radius 3 is 2.80 bits per heavy atom. The monoisotopic (exact) mass is 473 g/mol. The van der Waals surface area contributed by atoms with Gasteiger partial charge in [0.15, 0.2) is 5.75 Å². The average Bonchev–Trinajstić information content (AvgIpc) is 3.80. The van der Waals surface area contributed by atoms with Gasteiger partial charge in [0, 0.05) is 51.0 Å². The number of hydrogen-bond acceptors (Lipinski definition) is 7. The predicted molar refractivity (Wildman–Crippen MR) is 132 cm³/mol. The lowest BCUT2D eigenvalue weighted by Crippen LogP contribution is -2.56. The molecule has 2 aromatic heterocycles. The Kier molecular flexibility index (Phi) is 6.69. The van der Waals surface area contributed by atoms with E-state index < -0.39 is 0 Å². The molecule has 0 bridgehead atoms. The first-order valence-electron chi connectivity index (χ1n) is 12.4. The van der Waals surface area contributed by atoms with Crippen LogP contribution in [-0.2, 0) is 9.53 Å². The van der Waals surface area contributed by atoms with E-state index in [0.29, 0.717) is 67.5 Å². The van der Waals surface area contributed by atoms with Crippen LogP contribution in [0.4, 0.5) is 5.82 Å². The van der Waals surface area contributed by atoms with Gasteiger partial charge in [-0.25, -0.2) is 9.97 Å². The number of aromatic nitrogens is 2. The van der Waals surface area contributed by atoms with Crippen LogP contribution < -0.4 is 9.64 Å². The summed E-state index contributed by atoms with van der Waals surface area (Å²) in [4.78, 5) is 26.4. The van der Waals surface area contributed by atoms with E-state index in [0.717, 1.165) is 36.9 Å². The lowest BCUT2D eigenvalue weighted by atomic mass is 10.0. The zero-order valence-electron chi connectivity index (χ0n) is 20.2. The number of ether oxygens (including phenoxy) is 2. The smallest absolute Gasteiger partial charge is 0.225 e. The standard InChI is InChI=1S/C27H31N5O3/c1-3-18-8-10-29-24(14-18)35-23-15-21(16-28)27(30-26(23)20-6-7-20)31-11-12-32(25(33)9-13-34-2)22(17-31)19-4-5-19/h3,8,10,14-15,19-20,22H,1,4-7,9,11-13,17H2,2H3. The molecule has 3 aliphatic rings. The molecule has 182 valence electrons. The van der Waals surface area contributed by atoms with Gasteiger partial charge in [0.1, 0.15) is 11.9 Å². The van der Waals surface area contributed by atoms with Gasteiger partial charge < -0.3 is 19.3 Å². The van der Waals surface area contributed by atoms with Crippen LogP contribution in [0.5, 0.6) is 11.6 Å². The van der Waals surface area contributed by atoms with Crippen LogP contribution >= 0.6 is 0 Å². The third kappa shape index (κ3) is 5.15. The highest BCUT2D eigenvalue weighted by Crippen LogP contribution is 2.46. The minimum atomic E-state index is 0.146. The summed E-state index contributed by atoms with van der Waals surface area (Å²) in [6.45, 7) is 6.21. The van der Waals surface area contributed by atoms with Crippen LogP contribution in [-0.4, -0.2) is 60.2 Å². The topological polar surface area (TPSA) is 91.6 Å². The summed E-state index contributed by atoms with van der Waals surface area (Å²) in [5, 5.41) is 10.0. The van der Waals surface area contributed by atoms with Gasteiger partial charge in [-0.1, -0.05) is 12.7 Å². The average molecular weight is 474 g/mol. The highest BCUT2D eigenvalue weighted by molar-refractivity contribution is 5.77. The number of nitriles is 1. The number of nitrogens with zero attached hydrogens (tertiary/aromatic N) is 5. The van der Waals surface area contributed by atoms with Crippen LogP contribution in [0, 0.1) is 17.2 Å². The van der Waals surface area contributed by atoms with Crippen LogP contribution in [0.15, 0.2) is 31.0 Å². The predicted octanol–water partition coefficient (Wildman–Crippen LogP) is 4.12. The van der Waals surface area contributed by atoms with Crippen molar-refractivity contribution in [3.8, 4) is 17.7 Å². The molecule has 0 aromatic carbocycles. The Bertz CT molecular complexity index is 1150. The van der Waals surface area contributed by atoms with Crippen molar-refractivity contribution in [2.24, 2.45) is 5.92 Å². The molecule has 2 saturated carbocycles. The van der Waals surface area contributed by atoms with Crippen LogP contribution in [0.2, 0.25) is 0 Å². The maximum Gasteiger partial charge on any atom is 0.225 e. The van der Waals surface area contributed by atoms with E-state index in [9.17, 15) is 10.1 Å². The first-order chi connectivity index (χ1) is 17.1. The summed E-state index contributed by atoms with van der Waals surface area (Å²) in [7, 11) is 1.62. The Morgan fingerprint density at radius 2 is 2.11 bits per heavy atom. The largest absolute Gasteiger partial charge is 0.437 e. The summed E-state index contributed by atoms with van der Waals surface area (Å²) in [5.41, 5.74) is 2.28. The molecular formula is C27H31N5O3. The first-order valence-corrected chi connectivity index (χ1v) is 12.4. The molecule has 8 nitrogen and oxygen atoms in total. The molecule has 0 N–H and O–H groups in total.